The molecule has 6 heteroatoms. The Balaban J connectivity index is 0.00000121. The highest BCUT2D eigenvalue weighted by molar-refractivity contribution is 5.97. The normalized spacial score (nSPS) is 18.0. The summed E-state index contributed by atoms with van der Waals surface area (Å²) in [6.45, 7) is 3.82. The fourth-order valence-electron chi connectivity index (χ4n) is 3.21. The number of piperidine rings is 1. The Hall–Kier alpha value is -0.970. The zero-order valence-corrected chi connectivity index (χ0v) is 14.6. The van der Waals surface area contributed by atoms with Gasteiger partial charge in [0, 0.05) is 26.6 Å². The van der Waals surface area contributed by atoms with Gasteiger partial charge in [0.25, 0.3) is 0 Å². The van der Waals surface area contributed by atoms with Gasteiger partial charge in [0.05, 0.1) is 11.4 Å². The molecule has 2 heterocycles. The smallest absolute Gasteiger partial charge is 0.227 e. The number of amides is 1. The highest BCUT2D eigenvalue weighted by atomic mass is 35.5. The third-order valence-electron chi connectivity index (χ3n) is 4.47. The number of carbonyl (C=O) groups excluding carboxylic acids is 1. The summed E-state index contributed by atoms with van der Waals surface area (Å²) in [5.41, 5.74) is 2.23. The summed E-state index contributed by atoms with van der Waals surface area (Å²) in [4.78, 5) is 16.8. The molecule has 0 aromatic heterocycles. The van der Waals surface area contributed by atoms with E-state index >= 15 is 0 Å². The van der Waals surface area contributed by atoms with Gasteiger partial charge in [-0.15, -0.1) is 24.8 Å². The van der Waals surface area contributed by atoms with E-state index in [1.54, 1.807) is 0 Å². The topological polar surface area (TPSA) is 35.6 Å². The number of nitrogens with one attached hydrogen (secondary N) is 1. The van der Waals surface area contributed by atoms with Crippen LogP contribution in [0.2, 0.25) is 0 Å². The van der Waals surface area contributed by atoms with Crippen molar-refractivity contribution in [2.24, 2.45) is 5.92 Å². The first kappa shape index (κ1) is 19.1. The lowest BCUT2D eigenvalue weighted by molar-refractivity contribution is -0.119. The Bertz CT molecular complexity index is 492. The number of fused-ring (bicyclic) bond motifs is 1. The van der Waals surface area contributed by atoms with Gasteiger partial charge < -0.3 is 15.1 Å². The molecule has 0 aliphatic carbocycles. The standard InChI is InChI=1S/C16H23N3O.2ClH/c1-18-10-11-19(15-5-3-2-4-14(15)18)16(20)12-13-6-8-17-9-7-13;;/h2-5,13,17H,6-12H2,1H3;2*1H. The van der Waals surface area contributed by atoms with Gasteiger partial charge in [0.15, 0.2) is 0 Å². The van der Waals surface area contributed by atoms with Crippen molar-refractivity contribution in [3.63, 3.8) is 0 Å². The second-order valence-electron chi connectivity index (χ2n) is 5.85. The van der Waals surface area contributed by atoms with Gasteiger partial charge in [-0.2, -0.15) is 0 Å². The molecule has 22 heavy (non-hydrogen) atoms. The fourth-order valence-corrected chi connectivity index (χ4v) is 3.21. The molecule has 1 N–H and O–H groups in total. The first-order valence-electron chi connectivity index (χ1n) is 7.57. The number of carbonyl (C=O) groups is 1. The summed E-state index contributed by atoms with van der Waals surface area (Å²) in [5.74, 6) is 0.841. The lowest BCUT2D eigenvalue weighted by Gasteiger charge is -2.36. The maximum Gasteiger partial charge on any atom is 0.227 e. The van der Waals surface area contributed by atoms with Crippen LogP contribution < -0.4 is 15.1 Å². The molecule has 1 saturated heterocycles. The molecule has 0 atom stereocenters. The van der Waals surface area contributed by atoms with Gasteiger partial charge in [-0.25, -0.2) is 0 Å². The average molecular weight is 346 g/mol. The number of benzene rings is 1. The number of rotatable bonds is 2. The number of para-hydroxylation sites is 2. The van der Waals surface area contributed by atoms with Gasteiger partial charge in [0.1, 0.15) is 0 Å². The second-order valence-corrected chi connectivity index (χ2v) is 5.85. The molecule has 1 aromatic rings. The number of halogens is 2. The van der Waals surface area contributed by atoms with Gasteiger partial charge in [-0.1, -0.05) is 12.1 Å². The molecule has 4 nitrogen and oxygen atoms in total. The maximum atomic E-state index is 12.6. The van der Waals surface area contributed by atoms with Crippen molar-refractivity contribution >= 4 is 42.1 Å². The third-order valence-corrected chi connectivity index (χ3v) is 4.47. The predicted octanol–water partition coefficient (Wildman–Crippen LogP) is 2.70. The molecule has 0 unspecified atom stereocenters. The van der Waals surface area contributed by atoms with E-state index in [9.17, 15) is 4.79 Å². The lowest BCUT2D eigenvalue weighted by atomic mass is 9.94. The minimum Gasteiger partial charge on any atom is -0.371 e. The second kappa shape index (κ2) is 8.61. The van der Waals surface area contributed by atoms with E-state index < -0.39 is 0 Å². The summed E-state index contributed by atoms with van der Waals surface area (Å²) in [5, 5.41) is 3.36. The third kappa shape index (κ3) is 4.06. The van der Waals surface area contributed by atoms with Gasteiger partial charge >= 0.3 is 0 Å². The van der Waals surface area contributed by atoms with E-state index in [-0.39, 0.29) is 30.7 Å². The molecule has 2 aliphatic rings. The van der Waals surface area contributed by atoms with Crippen LogP contribution in [0, 0.1) is 5.92 Å². The molecule has 1 amide bonds. The van der Waals surface area contributed by atoms with Crippen molar-refractivity contribution in [1.29, 1.82) is 0 Å². The maximum absolute atomic E-state index is 12.6. The Labute approximate surface area is 145 Å². The molecule has 1 fully saturated rings. The molecular formula is C16H25Cl2N3O. The Morgan fingerprint density at radius 3 is 2.45 bits per heavy atom. The summed E-state index contributed by atoms with van der Waals surface area (Å²) >= 11 is 0. The van der Waals surface area contributed by atoms with E-state index in [0.717, 1.165) is 50.4 Å². The van der Waals surface area contributed by atoms with Crippen molar-refractivity contribution < 1.29 is 4.79 Å². The molecule has 0 bridgehead atoms. The molecule has 0 radical (unpaired) electrons. The minimum absolute atomic E-state index is 0. The number of hydrogen-bond donors (Lipinski definition) is 1. The Morgan fingerprint density at radius 2 is 1.77 bits per heavy atom. The van der Waals surface area contributed by atoms with Crippen molar-refractivity contribution in [1.82, 2.24) is 5.32 Å². The SMILES string of the molecule is CN1CCN(C(=O)CC2CCNCC2)c2ccccc21.Cl.Cl. The van der Waals surface area contributed by atoms with Gasteiger partial charge in [0.2, 0.25) is 5.91 Å². The van der Waals surface area contributed by atoms with Crippen LogP contribution in [0.3, 0.4) is 0 Å². The van der Waals surface area contributed by atoms with Crippen LogP contribution >= 0.6 is 24.8 Å². The minimum atomic E-state index is 0. The zero-order chi connectivity index (χ0) is 13.9. The van der Waals surface area contributed by atoms with E-state index in [4.69, 9.17) is 0 Å². The first-order valence-corrected chi connectivity index (χ1v) is 7.57. The summed E-state index contributed by atoms with van der Waals surface area (Å²) in [6.07, 6.45) is 2.95. The van der Waals surface area contributed by atoms with Gasteiger partial charge in [-0.3, -0.25) is 4.79 Å². The van der Waals surface area contributed by atoms with E-state index in [1.807, 2.05) is 17.0 Å². The highest BCUT2D eigenvalue weighted by Gasteiger charge is 2.26. The van der Waals surface area contributed by atoms with Crippen LogP contribution in [0.1, 0.15) is 19.3 Å². The fraction of sp³-hybridized carbons (Fsp3) is 0.562. The predicted molar refractivity (Wildman–Crippen MR) is 96.8 cm³/mol. The van der Waals surface area contributed by atoms with Crippen LogP contribution in [-0.4, -0.2) is 39.1 Å². The number of likely N-dealkylation sites (N-methyl/N-ethyl adjacent to an activating group) is 1. The van der Waals surface area contributed by atoms with Crippen LogP contribution in [0.4, 0.5) is 11.4 Å². The van der Waals surface area contributed by atoms with Crippen molar-refractivity contribution in [2.45, 2.75) is 19.3 Å². The van der Waals surface area contributed by atoms with Crippen LogP contribution in [-0.2, 0) is 4.79 Å². The van der Waals surface area contributed by atoms with E-state index in [2.05, 4.69) is 29.4 Å². The lowest BCUT2D eigenvalue weighted by Crippen LogP contribution is -2.43. The summed E-state index contributed by atoms with van der Waals surface area (Å²) in [6, 6.07) is 8.21. The first-order chi connectivity index (χ1) is 9.75. The van der Waals surface area contributed by atoms with Crippen molar-refractivity contribution in [3.05, 3.63) is 24.3 Å². The largest absolute Gasteiger partial charge is 0.371 e. The number of hydrogen-bond acceptors (Lipinski definition) is 3. The molecular weight excluding hydrogens is 321 g/mol. The van der Waals surface area contributed by atoms with E-state index in [0.29, 0.717) is 12.3 Å². The molecule has 0 spiro atoms. The molecule has 0 saturated carbocycles. The molecule has 3 rings (SSSR count). The zero-order valence-electron chi connectivity index (χ0n) is 13.0. The van der Waals surface area contributed by atoms with Crippen LogP contribution in [0.25, 0.3) is 0 Å². The van der Waals surface area contributed by atoms with Crippen molar-refractivity contribution in [2.75, 3.05) is 43.0 Å². The average Bonchev–Trinajstić information content (AvgIpc) is 2.49. The summed E-state index contributed by atoms with van der Waals surface area (Å²) < 4.78 is 0. The Kier molecular flexibility index (Phi) is 7.46. The summed E-state index contributed by atoms with van der Waals surface area (Å²) in [7, 11) is 2.09. The number of anilines is 2. The monoisotopic (exact) mass is 345 g/mol. The van der Waals surface area contributed by atoms with Crippen LogP contribution in [0.15, 0.2) is 24.3 Å². The molecule has 2 aliphatic heterocycles. The quantitative estimate of drug-likeness (QED) is 0.894. The van der Waals surface area contributed by atoms with Crippen molar-refractivity contribution in [3.8, 4) is 0 Å². The van der Waals surface area contributed by atoms with Gasteiger partial charge in [-0.05, 0) is 44.0 Å². The van der Waals surface area contributed by atoms with E-state index in [1.165, 1.54) is 0 Å². The molecule has 124 valence electrons. The molecule has 1 aromatic carbocycles. The number of nitrogens with zero attached hydrogens (tertiary/aromatic N) is 2. The van der Waals surface area contributed by atoms with Crippen LogP contribution in [0.5, 0.6) is 0 Å². The highest BCUT2D eigenvalue weighted by Crippen LogP contribution is 2.32. The Morgan fingerprint density at radius 1 is 1.14 bits per heavy atom.